The van der Waals surface area contributed by atoms with Gasteiger partial charge in [0.2, 0.25) is 14.9 Å². The van der Waals surface area contributed by atoms with Gasteiger partial charge in [0, 0.05) is 13.1 Å². The van der Waals surface area contributed by atoms with E-state index in [2.05, 4.69) is 5.10 Å². The molecule has 7 nitrogen and oxygen atoms in total. The molecule has 0 spiro atoms. The molecule has 0 fully saturated rings. The molecule has 9 heteroatoms. The molecule has 0 atom stereocenters. The van der Waals surface area contributed by atoms with Crippen LogP contribution in [-0.4, -0.2) is 49.3 Å². The van der Waals surface area contributed by atoms with Crippen molar-refractivity contribution in [3.8, 4) is 5.75 Å². The van der Waals surface area contributed by atoms with Crippen molar-refractivity contribution in [2.45, 2.75) is 23.8 Å². The molecule has 0 aliphatic carbocycles. The van der Waals surface area contributed by atoms with Crippen LogP contribution in [0, 0.1) is 0 Å². The van der Waals surface area contributed by atoms with E-state index in [9.17, 15) is 13.2 Å². The maximum atomic E-state index is 12.7. The van der Waals surface area contributed by atoms with Crippen molar-refractivity contribution < 1.29 is 17.9 Å². The Hall–Kier alpha value is -2.06. The SMILES string of the molecule is CCN(CC)C(=O)n1cc(Cl)c(S(=O)(=O)c2cccc(OC)c2)n1. The van der Waals surface area contributed by atoms with E-state index in [1.807, 2.05) is 13.8 Å². The number of rotatable bonds is 5. The molecule has 2 rings (SSSR count). The normalized spacial score (nSPS) is 11.3. The van der Waals surface area contributed by atoms with Gasteiger partial charge in [-0.05, 0) is 32.0 Å². The molecule has 0 radical (unpaired) electrons. The Kier molecular flexibility index (Phi) is 5.51. The molecule has 1 heterocycles. The number of benzene rings is 1. The molecular formula is C15H18ClN3O4S. The highest BCUT2D eigenvalue weighted by molar-refractivity contribution is 7.91. The predicted molar refractivity (Wildman–Crippen MR) is 89.4 cm³/mol. The number of ether oxygens (including phenoxy) is 1. The standard InChI is InChI=1S/C15H18ClN3O4S/c1-4-18(5-2)15(20)19-10-13(16)14(17-19)24(21,22)12-8-6-7-11(9-12)23-3/h6-10H,4-5H2,1-3H3. The van der Waals surface area contributed by atoms with Gasteiger partial charge in [-0.25, -0.2) is 13.2 Å². The lowest BCUT2D eigenvalue weighted by molar-refractivity contribution is 0.201. The summed E-state index contributed by atoms with van der Waals surface area (Å²) in [5, 5.41) is 3.42. The number of aromatic nitrogens is 2. The maximum absolute atomic E-state index is 12.7. The predicted octanol–water partition coefficient (Wildman–Crippen LogP) is 2.69. The smallest absolute Gasteiger partial charge is 0.344 e. The van der Waals surface area contributed by atoms with Crippen LogP contribution in [-0.2, 0) is 9.84 Å². The third-order valence-corrected chi connectivity index (χ3v) is 5.55. The molecule has 1 aromatic heterocycles. The van der Waals surface area contributed by atoms with E-state index < -0.39 is 15.9 Å². The van der Waals surface area contributed by atoms with Crippen LogP contribution in [0.5, 0.6) is 5.75 Å². The van der Waals surface area contributed by atoms with Crippen molar-refractivity contribution in [1.29, 1.82) is 0 Å². The van der Waals surface area contributed by atoms with Crippen molar-refractivity contribution in [3.05, 3.63) is 35.5 Å². The average molecular weight is 372 g/mol. The van der Waals surface area contributed by atoms with Gasteiger partial charge in [-0.1, -0.05) is 17.7 Å². The Morgan fingerprint density at radius 2 is 2.00 bits per heavy atom. The van der Waals surface area contributed by atoms with Gasteiger partial charge in [-0.2, -0.15) is 9.78 Å². The lowest BCUT2D eigenvalue weighted by Crippen LogP contribution is -2.34. The number of nitrogens with zero attached hydrogens (tertiary/aromatic N) is 3. The highest BCUT2D eigenvalue weighted by Crippen LogP contribution is 2.28. The van der Waals surface area contributed by atoms with Gasteiger partial charge in [0.25, 0.3) is 0 Å². The van der Waals surface area contributed by atoms with E-state index in [0.717, 1.165) is 4.68 Å². The van der Waals surface area contributed by atoms with Crippen LogP contribution < -0.4 is 4.74 Å². The second kappa shape index (κ2) is 7.23. The number of carbonyl (C=O) groups is 1. The Bertz CT molecular complexity index is 844. The summed E-state index contributed by atoms with van der Waals surface area (Å²) in [6.45, 7) is 4.59. The molecule has 0 aliphatic rings. The summed E-state index contributed by atoms with van der Waals surface area (Å²) in [6.07, 6.45) is 1.20. The monoisotopic (exact) mass is 371 g/mol. The minimum Gasteiger partial charge on any atom is -0.497 e. The van der Waals surface area contributed by atoms with E-state index in [1.165, 1.54) is 30.3 Å². The Morgan fingerprint density at radius 3 is 2.58 bits per heavy atom. The first-order valence-corrected chi connectivity index (χ1v) is 9.14. The first kappa shape index (κ1) is 18.3. The molecule has 0 unspecified atom stereocenters. The molecule has 0 bridgehead atoms. The minimum absolute atomic E-state index is 0.00992. The number of methoxy groups -OCH3 is 1. The van der Waals surface area contributed by atoms with Crippen LogP contribution in [0.15, 0.2) is 40.4 Å². The first-order valence-electron chi connectivity index (χ1n) is 7.28. The van der Waals surface area contributed by atoms with Crippen LogP contribution in [0.2, 0.25) is 5.02 Å². The Morgan fingerprint density at radius 1 is 1.33 bits per heavy atom. The van der Waals surface area contributed by atoms with Crippen molar-refractivity contribution in [1.82, 2.24) is 14.7 Å². The summed E-state index contributed by atoms with van der Waals surface area (Å²) in [7, 11) is -2.53. The summed E-state index contributed by atoms with van der Waals surface area (Å²) in [4.78, 5) is 13.8. The zero-order valence-electron chi connectivity index (χ0n) is 13.6. The van der Waals surface area contributed by atoms with Crippen LogP contribution in [0.4, 0.5) is 4.79 Å². The number of hydrogen-bond donors (Lipinski definition) is 0. The maximum Gasteiger partial charge on any atom is 0.344 e. The third kappa shape index (κ3) is 3.39. The van der Waals surface area contributed by atoms with Crippen molar-refractivity contribution in [3.63, 3.8) is 0 Å². The number of hydrogen-bond acceptors (Lipinski definition) is 5. The highest BCUT2D eigenvalue weighted by atomic mass is 35.5. The van der Waals surface area contributed by atoms with E-state index in [0.29, 0.717) is 18.8 Å². The molecular weight excluding hydrogens is 354 g/mol. The van der Waals surface area contributed by atoms with E-state index in [4.69, 9.17) is 16.3 Å². The summed E-state index contributed by atoms with van der Waals surface area (Å²) >= 11 is 6.02. The zero-order chi connectivity index (χ0) is 17.9. The van der Waals surface area contributed by atoms with Crippen LogP contribution >= 0.6 is 11.6 Å². The molecule has 24 heavy (non-hydrogen) atoms. The van der Waals surface area contributed by atoms with Gasteiger partial charge in [0.05, 0.1) is 23.2 Å². The fourth-order valence-electron chi connectivity index (χ4n) is 2.14. The van der Waals surface area contributed by atoms with Gasteiger partial charge in [-0.3, -0.25) is 0 Å². The molecule has 1 aromatic carbocycles. The largest absolute Gasteiger partial charge is 0.497 e. The molecule has 130 valence electrons. The van der Waals surface area contributed by atoms with Gasteiger partial charge in [0.1, 0.15) is 5.75 Å². The summed E-state index contributed by atoms with van der Waals surface area (Å²) in [6, 6.07) is 5.53. The van der Waals surface area contributed by atoms with E-state index in [1.54, 1.807) is 12.1 Å². The number of halogens is 1. The highest BCUT2D eigenvalue weighted by Gasteiger charge is 2.27. The van der Waals surface area contributed by atoms with Gasteiger partial charge >= 0.3 is 6.03 Å². The van der Waals surface area contributed by atoms with Gasteiger partial charge in [0.15, 0.2) is 0 Å². The van der Waals surface area contributed by atoms with E-state index >= 15 is 0 Å². The van der Waals surface area contributed by atoms with Gasteiger partial charge < -0.3 is 9.64 Å². The lowest BCUT2D eigenvalue weighted by atomic mass is 10.3. The fourth-order valence-corrected chi connectivity index (χ4v) is 3.83. The van der Waals surface area contributed by atoms with Crippen LogP contribution in [0.1, 0.15) is 13.8 Å². The summed E-state index contributed by atoms with van der Waals surface area (Å²) in [5.74, 6) is 0.394. The molecule has 0 aliphatic heterocycles. The Labute approximate surface area is 145 Å². The molecule has 1 amide bonds. The third-order valence-electron chi connectivity index (χ3n) is 3.47. The summed E-state index contributed by atoms with van der Waals surface area (Å²) < 4.78 is 31.4. The lowest BCUT2D eigenvalue weighted by Gasteiger charge is -2.17. The number of carbonyl (C=O) groups excluding carboxylic acids is 1. The zero-order valence-corrected chi connectivity index (χ0v) is 15.1. The van der Waals surface area contributed by atoms with Crippen molar-refractivity contribution >= 4 is 27.5 Å². The number of amides is 1. The molecule has 0 saturated carbocycles. The minimum atomic E-state index is -3.97. The number of sulfone groups is 1. The average Bonchev–Trinajstić information content (AvgIpc) is 2.98. The second-order valence-electron chi connectivity index (χ2n) is 4.86. The molecule has 0 saturated heterocycles. The first-order chi connectivity index (χ1) is 11.3. The molecule has 2 aromatic rings. The Balaban J connectivity index is 2.47. The van der Waals surface area contributed by atoms with E-state index in [-0.39, 0.29) is 14.9 Å². The summed E-state index contributed by atoms with van der Waals surface area (Å²) in [5.41, 5.74) is 0. The topological polar surface area (TPSA) is 81.5 Å². The van der Waals surface area contributed by atoms with Gasteiger partial charge in [-0.15, -0.1) is 0 Å². The van der Waals surface area contributed by atoms with Crippen molar-refractivity contribution in [2.24, 2.45) is 0 Å². The second-order valence-corrected chi connectivity index (χ2v) is 7.14. The molecule has 0 N–H and O–H groups in total. The van der Waals surface area contributed by atoms with Crippen LogP contribution in [0.25, 0.3) is 0 Å². The quantitative estimate of drug-likeness (QED) is 0.807. The van der Waals surface area contributed by atoms with Crippen molar-refractivity contribution in [2.75, 3.05) is 20.2 Å². The fraction of sp³-hybridized carbons (Fsp3) is 0.333. The van der Waals surface area contributed by atoms with Crippen LogP contribution in [0.3, 0.4) is 0 Å².